The number of likely N-dealkylation sites (N-methyl/N-ethyl adjacent to an activating group) is 1. The molecule has 2 N–H and O–H groups in total. The number of carbonyl (C=O) groups excluding carboxylic acids is 1. The third kappa shape index (κ3) is 2.06. The molecule has 0 aliphatic carbocycles. The fourth-order valence-corrected chi connectivity index (χ4v) is 2.08. The van der Waals surface area contributed by atoms with Crippen molar-refractivity contribution in [1.82, 2.24) is 10.5 Å². The SMILES string of the molecule is CN1N=C(c2ccccc2C(F)(F)F)C(C)(NO)C1=O. The molecule has 1 atom stereocenters. The molecule has 1 aliphatic heterocycles. The zero-order chi connectivity index (χ0) is 15.1. The van der Waals surface area contributed by atoms with E-state index in [-0.39, 0.29) is 11.3 Å². The molecule has 0 saturated heterocycles. The van der Waals surface area contributed by atoms with Gasteiger partial charge in [0.05, 0.1) is 5.56 Å². The molecule has 5 nitrogen and oxygen atoms in total. The third-order valence-electron chi connectivity index (χ3n) is 3.16. The van der Waals surface area contributed by atoms with Gasteiger partial charge in [-0.2, -0.15) is 23.8 Å². The molecule has 8 heteroatoms. The first-order valence-corrected chi connectivity index (χ1v) is 5.67. The molecule has 1 aromatic carbocycles. The Labute approximate surface area is 112 Å². The first kappa shape index (κ1) is 14.5. The molecule has 1 heterocycles. The number of hydroxylamine groups is 1. The molecule has 0 fully saturated rings. The molecule has 0 saturated carbocycles. The maximum absolute atomic E-state index is 13.0. The van der Waals surface area contributed by atoms with Gasteiger partial charge in [-0.1, -0.05) is 18.2 Å². The molecule has 0 bridgehead atoms. The third-order valence-corrected chi connectivity index (χ3v) is 3.16. The van der Waals surface area contributed by atoms with Crippen molar-refractivity contribution in [1.29, 1.82) is 0 Å². The lowest BCUT2D eigenvalue weighted by Crippen LogP contribution is -2.54. The quantitative estimate of drug-likeness (QED) is 0.812. The van der Waals surface area contributed by atoms with E-state index in [2.05, 4.69) is 5.10 Å². The number of hydrogen-bond acceptors (Lipinski definition) is 4. The standard InChI is InChI=1S/C12H12F3N3O2/c1-11(17-20)9(16-18(2)10(11)19)7-5-3-4-6-8(7)12(13,14)15/h3-6,17,20H,1-2H3. The Morgan fingerprint density at radius 1 is 1.35 bits per heavy atom. The van der Waals surface area contributed by atoms with Crippen LogP contribution in [-0.4, -0.2) is 34.4 Å². The Kier molecular flexibility index (Phi) is 3.31. The summed E-state index contributed by atoms with van der Waals surface area (Å²) in [4.78, 5) is 11.9. The van der Waals surface area contributed by atoms with Gasteiger partial charge in [0, 0.05) is 12.6 Å². The number of alkyl halides is 3. The highest BCUT2D eigenvalue weighted by atomic mass is 19.4. The van der Waals surface area contributed by atoms with Gasteiger partial charge in [0.25, 0.3) is 5.91 Å². The van der Waals surface area contributed by atoms with Crippen LogP contribution in [0.2, 0.25) is 0 Å². The minimum Gasteiger partial charge on any atom is -0.315 e. The van der Waals surface area contributed by atoms with Crippen molar-refractivity contribution in [2.75, 3.05) is 7.05 Å². The summed E-state index contributed by atoms with van der Waals surface area (Å²) in [5.41, 5.74) is -1.30. The average molecular weight is 287 g/mol. The van der Waals surface area contributed by atoms with E-state index in [0.29, 0.717) is 0 Å². The largest absolute Gasteiger partial charge is 0.417 e. The second-order valence-corrected chi connectivity index (χ2v) is 4.56. The van der Waals surface area contributed by atoms with Crippen LogP contribution < -0.4 is 5.48 Å². The Morgan fingerprint density at radius 3 is 2.50 bits per heavy atom. The topological polar surface area (TPSA) is 64.9 Å². The maximum Gasteiger partial charge on any atom is 0.417 e. The van der Waals surface area contributed by atoms with Gasteiger partial charge in [0.15, 0.2) is 5.54 Å². The van der Waals surface area contributed by atoms with Crippen molar-refractivity contribution in [2.24, 2.45) is 5.10 Å². The predicted octanol–water partition coefficient (Wildman–Crippen LogP) is 1.62. The molecule has 1 aliphatic rings. The monoisotopic (exact) mass is 287 g/mol. The van der Waals surface area contributed by atoms with Crippen molar-refractivity contribution in [3.05, 3.63) is 35.4 Å². The summed E-state index contributed by atoms with van der Waals surface area (Å²) in [5, 5.41) is 13.9. The highest BCUT2D eigenvalue weighted by molar-refractivity contribution is 6.23. The van der Waals surface area contributed by atoms with Gasteiger partial charge in [-0.3, -0.25) is 4.79 Å². The Bertz CT molecular complexity index is 586. The van der Waals surface area contributed by atoms with Gasteiger partial charge in [-0.15, -0.1) is 0 Å². The molecule has 1 aromatic rings. The number of rotatable bonds is 2. The number of nitrogens with zero attached hydrogens (tertiary/aromatic N) is 2. The Morgan fingerprint density at radius 2 is 1.95 bits per heavy atom. The van der Waals surface area contributed by atoms with E-state index in [1.165, 1.54) is 32.2 Å². The molecule has 2 rings (SSSR count). The molecule has 1 amide bonds. The number of benzene rings is 1. The summed E-state index contributed by atoms with van der Waals surface area (Å²) < 4.78 is 39.0. The smallest absolute Gasteiger partial charge is 0.315 e. The van der Waals surface area contributed by atoms with Crippen LogP contribution in [0.15, 0.2) is 29.4 Å². The summed E-state index contributed by atoms with van der Waals surface area (Å²) in [6.45, 7) is 1.27. The van der Waals surface area contributed by atoms with E-state index in [1.807, 2.05) is 0 Å². The number of nitrogens with one attached hydrogen (secondary N) is 1. The van der Waals surface area contributed by atoms with Crippen molar-refractivity contribution in [3.63, 3.8) is 0 Å². The molecule has 0 aromatic heterocycles. The van der Waals surface area contributed by atoms with Gasteiger partial charge < -0.3 is 5.21 Å². The van der Waals surface area contributed by atoms with E-state index in [1.54, 1.807) is 5.48 Å². The van der Waals surface area contributed by atoms with Gasteiger partial charge in [-0.25, -0.2) is 5.01 Å². The number of hydrazone groups is 1. The lowest BCUT2D eigenvalue weighted by Gasteiger charge is -2.23. The number of amides is 1. The van der Waals surface area contributed by atoms with Crippen molar-refractivity contribution in [3.8, 4) is 0 Å². The van der Waals surface area contributed by atoms with Crippen LogP contribution in [0, 0.1) is 0 Å². The molecule has 20 heavy (non-hydrogen) atoms. The lowest BCUT2D eigenvalue weighted by molar-refractivity contribution is -0.138. The molecule has 1 unspecified atom stereocenters. The zero-order valence-electron chi connectivity index (χ0n) is 10.7. The van der Waals surface area contributed by atoms with E-state index in [4.69, 9.17) is 0 Å². The van der Waals surface area contributed by atoms with Crippen LogP contribution >= 0.6 is 0 Å². The Balaban J connectivity index is 2.63. The first-order chi connectivity index (χ1) is 9.21. The average Bonchev–Trinajstić information content (AvgIpc) is 2.63. The van der Waals surface area contributed by atoms with Crippen molar-refractivity contribution >= 4 is 11.6 Å². The number of carbonyl (C=O) groups is 1. The minimum atomic E-state index is -4.58. The van der Waals surface area contributed by atoms with E-state index in [9.17, 15) is 23.2 Å². The second kappa shape index (κ2) is 4.57. The highest BCUT2D eigenvalue weighted by Gasteiger charge is 2.49. The van der Waals surface area contributed by atoms with Crippen LogP contribution in [0.5, 0.6) is 0 Å². The summed E-state index contributed by atoms with van der Waals surface area (Å²) in [5.74, 6) is -0.646. The van der Waals surface area contributed by atoms with E-state index < -0.39 is 23.2 Å². The van der Waals surface area contributed by atoms with E-state index >= 15 is 0 Å². The summed E-state index contributed by atoms with van der Waals surface area (Å²) in [7, 11) is 1.31. The van der Waals surface area contributed by atoms with Crippen LogP contribution in [0.25, 0.3) is 0 Å². The van der Waals surface area contributed by atoms with Crippen LogP contribution in [0.1, 0.15) is 18.1 Å². The van der Waals surface area contributed by atoms with Crippen LogP contribution in [-0.2, 0) is 11.0 Å². The van der Waals surface area contributed by atoms with Gasteiger partial charge in [-0.05, 0) is 13.0 Å². The van der Waals surface area contributed by atoms with E-state index in [0.717, 1.165) is 11.1 Å². The molecular weight excluding hydrogens is 275 g/mol. The second-order valence-electron chi connectivity index (χ2n) is 4.56. The summed E-state index contributed by atoms with van der Waals surface area (Å²) in [6, 6.07) is 4.77. The normalized spacial score (nSPS) is 23.2. The zero-order valence-corrected chi connectivity index (χ0v) is 10.7. The first-order valence-electron chi connectivity index (χ1n) is 5.67. The predicted molar refractivity (Wildman–Crippen MR) is 64.1 cm³/mol. The number of halogens is 3. The molecule has 108 valence electrons. The Hall–Kier alpha value is -1.93. The van der Waals surface area contributed by atoms with Crippen molar-refractivity contribution < 1.29 is 23.2 Å². The van der Waals surface area contributed by atoms with Crippen molar-refractivity contribution in [2.45, 2.75) is 18.6 Å². The van der Waals surface area contributed by atoms with Gasteiger partial charge in [0.2, 0.25) is 0 Å². The highest BCUT2D eigenvalue weighted by Crippen LogP contribution is 2.35. The number of hydrogen-bond donors (Lipinski definition) is 2. The summed E-state index contributed by atoms with van der Waals surface area (Å²) in [6.07, 6.45) is -4.58. The molecule has 0 radical (unpaired) electrons. The molecular formula is C12H12F3N3O2. The molecule has 0 spiro atoms. The fraction of sp³-hybridized carbons (Fsp3) is 0.333. The van der Waals surface area contributed by atoms with Gasteiger partial charge in [0.1, 0.15) is 5.71 Å². The summed E-state index contributed by atoms with van der Waals surface area (Å²) >= 11 is 0. The van der Waals surface area contributed by atoms with Gasteiger partial charge >= 0.3 is 6.18 Å². The lowest BCUT2D eigenvalue weighted by atomic mass is 9.88. The fourth-order valence-electron chi connectivity index (χ4n) is 2.08. The van der Waals surface area contributed by atoms with Crippen LogP contribution in [0.3, 0.4) is 0 Å². The van der Waals surface area contributed by atoms with Crippen LogP contribution in [0.4, 0.5) is 13.2 Å². The maximum atomic E-state index is 13.0. The minimum absolute atomic E-state index is 0.180.